The van der Waals surface area contributed by atoms with E-state index in [-0.39, 0.29) is 6.04 Å². The minimum Gasteiger partial charge on any atom is -0.389 e. The molecule has 0 amide bonds. The number of carbonyl (C=O) groups is 1. The minimum absolute atomic E-state index is 0.0160. The van der Waals surface area contributed by atoms with Gasteiger partial charge >= 0.3 is 6.18 Å². The summed E-state index contributed by atoms with van der Waals surface area (Å²) in [4.78, 5) is 10.2. The fourth-order valence-electron chi connectivity index (χ4n) is 0.411. The van der Waals surface area contributed by atoms with Gasteiger partial charge in [-0.3, -0.25) is 4.79 Å². The molecular weight excluding hydrogens is 171 g/mol. The summed E-state index contributed by atoms with van der Waals surface area (Å²) in [5.74, 6) is -1.85. The number of hydrogen-bond acceptors (Lipinski definition) is 2. The molecule has 5 heteroatoms. The van der Waals surface area contributed by atoms with Gasteiger partial charge in [-0.15, -0.1) is 0 Å². The van der Waals surface area contributed by atoms with E-state index in [1.165, 1.54) is 0 Å². The normalized spacial score (nSPS) is 12.5. The lowest BCUT2D eigenvalue weighted by atomic mass is 10.3. The molecule has 0 saturated heterocycles. The van der Waals surface area contributed by atoms with Gasteiger partial charge in [-0.2, -0.15) is 13.2 Å². The Morgan fingerprint density at radius 3 is 2.25 bits per heavy atom. The number of carbonyl (C=O) groups excluding carboxylic acids is 1. The maximum atomic E-state index is 11.5. The molecule has 0 rings (SSSR count). The number of alkyl halides is 3. The topological polar surface area (TPSA) is 29.1 Å². The standard InChI is InChI=1S/C7H10F3NO/c1-5(2)11-4-3-6(12)7(8,9)10/h3-5,11H,1-2H3. The quantitative estimate of drug-likeness (QED) is 0.670. The first-order valence-electron chi connectivity index (χ1n) is 3.38. The van der Waals surface area contributed by atoms with Crippen LogP contribution in [0.5, 0.6) is 0 Å². The average Bonchev–Trinajstić information content (AvgIpc) is 1.84. The van der Waals surface area contributed by atoms with Crippen molar-refractivity contribution in [2.75, 3.05) is 0 Å². The van der Waals surface area contributed by atoms with Crippen molar-refractivity contribution in [3.05, 3.63) is 12.3 Å². The number of halogens is 3. The fourth-order valence-corrected chi connectivity index (χ4v) is 0.411. The maximum absolute atomic E-state index is 11.5. The van der Waals surface area contributed by atoms with E-state index in [1.807, 2.05) is 0 Å². The lowest BCUT2D eigenvalue weighted by Gasteiger charge is -2.03. The first-order chi connectivity index (χ1) is 5.34. The van der Waals surface area contributed by atoms with Crippen LogP contribution in [0, 0.1) is 0 Å². The van der Waals surface area contributed by atoms with Crippen LogP contribution in [0.15, 0.2) is 12.3 Å². The van der Waals surface area contributed by atoms with Crippen LogP contribution in [0.25, 0.3) is 0 Å². The van der Waals surface area contributed by atoms with E-state index >= 15 is 0 Å². The van der Waals surface area contributed by atoms with Gasteiger partial charge in [0.25, 0.3) is 5.78 Å². The van der Waals surface area contributed by atoms with E-state index in [2.05, 4.69) is 5.32 Å². The van der Waals surface area contributed by atoms with Gasteiger partial charge in [0.15, 0.2) is 0 Å². The predicted octanol–water partition coefficient (Wildman–Crippen LogP) is 1.63. The molecule has 0 spiro atoms. The SMILES string of the molecule is CC(C)NC=CC(=O)C(F)(F)F. The third kappa shape index (κ3) is 4.76. The van der Waals surface area contributed by atoms with Crippen molar-refractivity contribution in [2.24, 2.45) is 0 Å². The van der Waals surface area contributed by atoms with Crippen LogP contribution in [0.3, 0.4) is 0 Å². The molecule has 0 radical (unpaired) electrons. The van der Waals surface area contributed by atoms with Crippen LogP contribution in [0.4, 0.5) is 13.2 Å². The Hall–Kier alpha value is -1.00. The van der Waals surface area contributed by atoms with E-state index in [0.717, 1.165) is 6.20 Å². The van der Waals surface area contributed by atoms with Crippen molar-refractivity contribution >= 4 is 5.78 Å². The van der Waals surface area contributed by atoms with E-state index < -0.39 is 12.0 Å². The van der Waals surface area contributed by atoms with Gasteiger partial charge in [-0.25, -0.2) is 0 Å². The monoisotopic (exact) mass is 181 g/mol. The van der Waals surface area contributed by atoms with Gasteiger partial charge in [0.05, 0.1) is 0 Å². The molecule has 70 valence electrons. The number of nitrogens with one attached hydrogen (secondary N) is 1. The summed E-state index contributed by atoms with van der Waals surface area (Å²) in [5.41, 5.74) is 0. The molecule has 0 aromatic heterocycles. The molecule has 0 aliphatic rings. The van der Waals surface area contributed by atoms with Crippen molar-refractivity contribution < 1.29 is 18.0 Å². The summed E-state index contributed by atoms with van der Waals surface area (Å²) in [5, 5.41) is 2.55. The highest BCUT2D eigenvalue weighted by Gasteiger charge is 2.35. The Morgan fingerprint density at radius 2 is 1.92 bits per heavy atom. The van der Waals surface area contributed by atoms with Gasteiger partial charge in [-0.05, 0) is 13.8 Å². The van der Waals surface area contributed by atoms with Crippen molar-refractivity contribution in [1.29, 1.82) is 0 Å². The minimum atomic E-state index is -4.77. The molecule has 12 heavy (non-hydrogen) atoms. The van der Waals surface area contributed by atoms with Gasteiger partial charge in [-0.1, -0.05) is 0 Å². The van der Waals surface area contributed by atoms with E-state index in [1.54, 1.807) is 13.8 Å². The number of rotatable bonds is 3. The van der Waals surface area contributed by atoms with Crippen molar-refractivity contribution in [3.8, 4) is 0 Å². The summed E-state index contributed by atoms with van der Waals surface area (Å²) in [7, 11) is 0. The van der Waals surface area contributed by atoms with Gasteiger partial charge in [0.2, 0.25) is 0 Å². The van der Waals surface area contributed by atoms with Gasteiger partial charge in [0, 0.05) is 18.3 Å². The molecule has 0 aromatic rings. The van der Waals surface area contributed by atoms with Crippen molar-refractivity contribution in [1.82, 2.24) is 5.32 Å². The Morgan fingerprint density at radius 1 is 1.42 bits per heavy atom. The van der Waals surface area contributed by atoms with Crippen LogP contribution in [0.2, 0.25) is 0 Å². The average molecular weight is 181 g/mol. The zero-order valence-corrected chi connectivity index (χ0v) is 6.77. The van der Waals surface area contributed by atoms with Crippen LogP contribution in [-0.4, -0.2) is 18.0 Å². The molecule has 0 saturated carbocycles. The summed E-state index contributed by atoms with van der Waals surface area (Å²) in [6, 6.07) is 0.0160. The summed E-state index contributed by atoms with van der Waals surface area (Å²) < 4.78 is 34.6. The second kappa shape index (κ2) is 4.13. The Labute approximate surface area is 68.4 Å². The molecule has 0 heterocycles. The lowest BCUT2D eigenvalue weighted by molar-refractivity contribution is -0.165. The first kappa shape index (κ1) is 11.0. The van der Waals surface area contributed by atoms with E-state index in [0.29, 0.717) is 6.08 Å². The lowest BCUT2D eigenvalue weighted by Crippen LogP contribution is -2.22. The molecule has 0 fully saturated rings. The van der Waals surface area contributed by atoms with Crippen molar-refractivity contribution in [2.45, 2.75) is 26.1 Å². The zero-order valence-electron chi connectivity index (χ0n) is 6.77. The smallest absolute Gasteiger partial charge is 0.389 e. The van der Waals surface area contributed by atoms with Crippen LogP contribution < -0.4 is 5.32 Å². The molecular formula is C7H10F3NO. The van der Waals surface area contributed by atoms with Crippen molar-refractivity contribution in [3.63, 3.8) is 0 Å². The summed E-state index contributed by atoms with van der Waals surface area (Å²) >= 11 is 0. The predicted molar refractivity (Wildman–Crippen MR) is 38.5 cm³/mol. The molecule has 0 aromatic carbocycles. The Bertz CT molecular complexity index is 184. The molecule has 2 nitrogen and oxygen atoms in total. The molecule has 0 atom stereocenters. The maximum Gasteiger partial charge on any atom is 0.454 e. The van der Waals surface area contributed by atoms with Crippen LogP contribution in [0.1, 0.15) is 13.8 Å². The molecule has 0 aliphatic carbocycles. The molecule has 1 N–H and O–H groups in total. The largest absolute Gasteiger partial charge is 0.454 e. The highest BCUT2D eigenvalue weighted by molar-refractivity contribution is 5.94. The van der Waals surface area contributed by atoms with Crippen LogP contribution >= 0.6 is 0 Å². The second-order valence-corrected chi connectivity index (χ2v) is 2.52. The van der Waals surface area contributed by atoms with Crippen LogP contribution in [-0.2, 0) is 4.79 Å². The van der Waals surface area contributed by atoms with E-state index in [4.69, 9.17) is 0 Å². The highest BCUT2D eigenvalue weighted by atomic mass is 19.4. The highest BCUT2D eigenvalue weighted by Crippen LogP contribution is 2.15. The zero-order chi connectivity index (χ0) is 9.78. The summed E-state index contributed by atoms with van der Waals surface area (Å²) in [6.07, 6.45) is -3.30. The first-order valence-corrected chi connectivity index (χ1v) is 3.38. The third-order valence-corrected chi connectivity index (χ3v) is 0.944. The summed E-state index contributed by atoms with van der Waals surface area (Å²) in [6.45, 7) is 3.50. The Kier molecular flexibility index (Phi) is 3.79. The number of ketones is 1. The molecule has 0 aliphatic heterocycles. The van der Waals surface area contributed by atoms with E-state index in [9.17, 15) is 18.0 Å². The second-order valence-electron chi connectivity index (χ2n) is 2.52. The van der Waals surface area contributed by atoms with Gasteiger partial charge in [0.1, 0.15) is 0 Å². The van der Waals surface area contributed by atoms with Gasteiger partial charge < -0.3 is 5.32 Å². The Balaban J connectivity index is 3.93. The molecule has 0 bridgehead atoms. The fraction of sp³-hybridized carbons (Fsp3) is 0.571. The number of hydrogen-bond donors (Lipinski definition) is 1. The molecule has 0 unspecified atom stereocenters. The number of allylic oxidation sites excluding steroid dienone is 1. The third-order valence-electron chi connectivity index (χ3n) is 0.944.